The highest BCUT2D eigenvalue weighted by Gasteiger charge is 2.34. The quantitative estimate of drug-likeness (QED) is 0.190. The Kier molecular flexibility index (Phi) is 8.52. The molecule has 1 fully saturated rings. The normalized spacial score (nSPS) is 18.1. The summed E-state index contributed by atoms with van der Waals surface area (Å²) < 4.78 is 20.0. The third-order valence-corrected chi connectivity index (χ3v) is 9.44. The molecule has 0 spiro atoms. The Labute approximate surface area is 236 Å². The van der Waals surface area contributed by atoms with Crippen molar-refractivity contribution in [3.8, 4) is 16.9 Å². The molecule has 3 aromatic carbocycles. The summed E-state index contributed by atoms with van der Waals surface area (Å²) in [5.74, 6) is 1.52. The standard InChI is InChI=1S/C35H45BFNO/c1-6-36-33-22-27(24(2)20-28(33)23-37)21-26-14-15-32-30(26)11-7-12-31(32)29-10-8-13-34(25(29)3)39-19-9-17-38-18-16-35(38,4)5/h7-8,10-13,20,22,26,36H,6,9,14-19,21,23H2,1-5H3. The van der Waals surface area contributed by atoms with Crippen LogP contribution in [0.4, 0.5) is 4.39 Å². The van der Waals surface area contributed by atoms with Crippen LogP contribution in [0, 0.1) is 13.8 Å². The van der Waals surface area contributed by atoms with Crippen molar-refractivity contribution in [3.05, 3.63) is 81.9 Å². The van der Waals surface area contributed by atoms with Crippen LogP contribution in [0.3, 0.4) is 0 Å². The monoisotopic (exact) mass is 525 g/mol. The van der Waals surface area contributed by atoms with Crippen molar-refractivity contribution in [2.75, 3.05) is 19.7 Å². The Morgan fingerprint density at radius 2 is 1.85 bits per heavy atom. The van der Waals surface area contributed by atoms with E-state index in [1.54, 1.807) is 0 Å². The molecule has 0 bridgehead atoms. The van der Waals surface area contributed by atoms with Crippen molar-refractivity contribution >= 4 is 12.7 Å². The highest BCUT2D eigenvalue weighted by molar-refractivity contribution is 6.53. The van der Waals surface area contributed by atoms with Gasteiger partial charge in [-0.15, -0.1) is 0 Å². The number of hydrogen-bond acceptors (Lipinski definition) is 2. The molecule has 0 N–H and O–H groups in total. The summed E-state index contributed by atoms with van der Waals surface area (Å²) in [5, 5.41) is 0. The number of halogens is 1. The van der Waals surface area contributed by atoms with Gasteiger partial charge in [-0.05, 0) is 116 Å². The van der Waals surface area contributed by atoms with Crippen molar-refractivity contribution in [2.24, 2.45) is 0 Å². The molecule has 0 aromatic heterocycles. The fourth-order valence-corrected chi connectivity index (χ4v) is 6.81. The van der Waals surface area contributed by atoms with Gasteiger partial charge in [-0.25, -0.2) is 4.39 Å². The van der Waals surface area contributed by atoms with Crippen LogP contribution in [-0.2, 0) is 19.5 Å². The number of hydrogen-bond donors (Lipinski definition) is 0. The van der Waals surface area contributed by atoms with E-state index >= 15 is 0 Å². The molecule has 1 saturated heterocycles. The first-order chi connectivity index (χ1) is 18.8. The zero-order chi connectivity index (χ0) is 27.6. The highest BCUT2D eigenvalue weighted by atomic mass is 19.1. The maximum atomic E-state index is 13.6. The van der Waals surface area contributed by atoms with E-state index < -0.39 is 0 Å². The van der Waals surface area contributed by atoms with Gasteiger partial charge in [0.2, 0.25) is 0 Å². The first kappa shape index (κ1) is 28.0. The van der Waals surface area contributed by atoms with E-state index in [-0.39, 0.29) is 6.67 Å². The van der Waals surface area contributed by atoms with E-state index in [1.807, 2.05) is 0 Å². The van der Waals surface area contributed by atoms with Crippen LogP contribution in [0.15, 0.2) is 48.5 Å². The lowest BCUT2D eigenvalue weighted by molar-refractivity contribution is 0.0123. The Hall–Kier alpha value is -2.59. The number of nitrogens with zero attached hydrogens (tertiary/aromatic N) is 1. The van der Waals surface area contributed by atoms with Gasteiger partial charge in [0.1, 0.15) is 12.4 Å². The summed E-state index contributed by atoms with van der Waals surface area (Å²) in [6, 6.07) is 17.8. The maximum Gasteiger partial charge on any atom is 0.157 e. The number of benzene rings is 3. The number of aryl methyl sites for hydroxylation is 1. The zero-order valence-electron chi connectivity index (χ0n) is 24.7. The van der Waals surface area contributed by atoms with E-state index in [0.29, 0.717) is 11.5 Å². The second kappa shape index (κ2) is 11.9. The maximum absolute atomic E-state index is 13.6. The van der Waals surface area contributed by atoms with E-state index in [9.17, 15) is 4.39 Å². The minimum absolute atomic E-state index is 0.357. The molecule has 206 valence electrons. The van der Waals surface area contributed by atoms with Crippen LogP contribution < -0.4 is 10.2 Å². The van der Waals surface area contributed by atoms with Gasteiger partial charge in [-0.3, -0.25) is 4.90 Å². The molecular formula is C35H45BFNO. The first-order valence-electron chi connectivity index (χ1n) is 15.1. The second-order valence-corrected chi connectivity index (χ2v) is 12.4. The molecule has 4 heteroatoms. The van der Waals surface area contributed by atoms with Gasteiger partial charge in [0.05, 0.1) is 6.61 Å². The summed E-state index contributed by atoms with van der Waals surface area (Å²) >= 11 is 0. The van der Waals surface area contributed by atoms with Crippen molar-refractivity contribution < 1.29 is 9.13 Å². The van der Waals surface area contributed by atoms with Gasteiger partial charge in [0.25, 0.3) is 0 Å². The van der Waals surface area contributed by atoms with Crippen LogP contribution in [0.2, 0.25) is 6.32 Å². The zero-order valence-corrected chi connectivity index (χ0v) is 24.7. The van der Waals surface area contributed by atoms with Crippen LogP contribution in [0.25, 0.3) is 11.1 Å². The van der Waals surface area contributed by atoms with Crippen molar-refractivity contribution in [3.63, 3.8) is 0 Å². The predicted molar refractivity (Wildman–Crippen MR) is 165 cm³/mol. The number of likely N-dealkylation sites (tertiary alicyclic amines) is 1. The molecule has 0 amide bonds. The average Bonchev–Trinajstić information content (AvgIpc) is 3.33. The number of fused-ring (bicyclic) bond motifs is 1. The molecule has 1 unspecified atom stereocenters. The third kappa shape index (κ3) is 5.82. The fraction of sp³-hybridized carbons (Fsp3) is 0.486. The number of rotatable bonds is 11. The minimum Gasteiger partial charge on any atom is -0.493 e. The third-order valence-electron chi connectivity index (χ3n) is 9.44. The van der Waals surface area contributed by atoms with E-state index in [4.69, 9.17) is 4.74 Å². The molecular weight excluding hydrogens is 480 g/mol. The van der Waals surface area contributed by atoms with Gasteiger partial charge in [-0.1, -0.05) is 61.2 Å². The van der Waals surface area contributed by atoms with Crippen LogP contribution in [0.5, 0.6) is 5.75 Å². The molecule has 2 aliphatic rings. The summed E-state index contributed by atoms with van der Waals surface area (Å²) in [6.07, 6.45) is 6.70. The lowest BCUT2D eigenvalue weighted by Gasteiger charge is -2.48. The molecule has 1 atom stereocenters. The van der Waals surface area contributed by atoms with Gasteiger partial charge in [0, 0.05) is 18.6 Å². The molecule has 3 aromatic rings. The molecule has 0 saturated carbocycles. The highest BCUT2D eigenvalue weighted by Crippen LogP contribution is 2.42. The molecule has 2 nitrogen and oxygen atoms in total. The topological polar surface area (TPSA) is 12.5 Å². The summed E-state index contributed by atoms with van der Waals surface area (Å²) in [7, 11) is 0.950. The predicted octanol–water partition coefficient (Wildman–Crippen LogP) is 7.47. The summed E-state index contributed by atoms with van der Waals surface area (Å²) in [4.78, 5) is 2.56. The summed E-state index contributed by atoms with van der Waals surface area (Å²) in [6.45, 7) is 13.9. The Morgan fingerprint density at radius 1 is 1.05 bits per heavy atom. The molecule has 0 radical (unpaired) electrons. The Bertz CT molecular complexity index is 1320. The molecule has 1 aliphatic heterocycles. The Morgan fingerprint density at radius 3 is 2.56 bits per heavy atom. The minimum atomic E-state index is -0.370. The van der Waals surface area contributed by atoms with Gasteiger partial charge in [0.15, 0.2) is 7.28 Å². The molecule has 1 aliphatic carbocycles. The van der Waals surface area contributed by atoms with Crippen LogP contribution >= 0.6 is 0 Å². The SMILES string of the molecule is CCBc1cc(CC2CCc3c(-c4cccc(OCCCN5CCC5(C)C)c4C)cccc32)c(C)cc1CF. The van der Waals surface area contributed by atoms with Gasteiger partial charge in [-0.2, -0.15) is 0 Å². The second-order valence-electron chi connectivity index (χ2n) is 12.4. The summed E-state index contributed by atoms with van der Waals surface area (Å²) in [5.41, 5.74) is 11.9. The van der Waals surface area contributed by atoms with Crippen molar-refractivity contribution in [1.29, 1.82) is 0 Å². The molecule has 39 heavy (non-hydrogen) atoms. The van der Waals surface area contributed by atoms with E-state index in [0.717, 1.165) is 57.3 Å². The number of ether oxygens (including phenoxy) is 1. The largest absolute Gasteiger partial charge is 0.493 e. The van der Waals surface area contributed by atoms with E-state index in [1.165, 1.54) is 63.8 Å². The lowest BCUT2D eigenvalue weighted by Crippen LogP contribution is -2.55. The van der Waals surface area contributed by atoms with Crippen LogP contribution in [0.1, 0.15) is 79.3 Å². The fourth-order valence-electron chi connectivity index (χ4n) is 6.81. The van der Waals surface area contributed by atoms with Gasteiger partial charge < -0.3 is 4.74 Å². The van der Waals surface area contributed by atoms with E-state index in [2.05, 4.69) is 88.0 Å². The lowest BCUT2D eigenvalue weighted by atomic mass is 9.65. The molecule has 5 rings (SSSR count). The molecule has 1 heterocycles. The van der Waals surface area contributed by atoms with Gasteiger partial charge >= 0.3 is 0 Å². The van der Waals surface area contributed by atoms with Crippen LogP contribution in [-0.4, -0.2) is 37.4 Å². The smallest absolute Gasteiger partial charge is 0.157 e. The Balaban J connectivity index is 1.32. The first-order valence-corrected chi connectivity index (χ1v) is 15.1. The van der Waals surface area contributed by atoms with Crippen molar-refractivity contribution in [2.45, 2.75) is 91.2 Å². The average molecular weight is 526 g/mol. The number of alkyl halides is 1. The van der Waals surface area contributed by atoms with Crippen molar-refractivity contribution in [1.82, 2.24) is 4.90 Å².